The van der Waals surface area contributed by atoms with Gasteiger partial charge in [0.2, 0.25) is 0 Å². The molecule has 18 heavy (non-hydrogen) atoms. The van der Waals surface area contributed by atoms with E-state index in [-0.39, 0.29) is 0 Å². The van der Waals surface area contributed by atoms with E-state index in [4.69, 9.17) is 0 Å². The van der Waals surface area contributed by atoms with Crippen LogP contribution in [0.2, 0.25) is 0 Å². The lowest BCUT2D eigenvalue weighted by Gasteiger charge is -2.20. The van der Waals surface area contributed by atoms with Crippen LogP contribution in [0.1, 0.15) is 11.6 Å². The normalized spacial score (nSPS) is 18.3. The van der Waals surface area contributed by atoms with Crippen molar-refractivity contribution in [2.75, 3.05) is 6.67 Å². The molecule has 2 nitrogen and oxygen atoms in total. The van der Waals surface area contributed by atoms with Gasteiger partial charge >= 0.3 is 0 Å². The summed E-state index contributed by atoms with van der Waals surface area (Å²) < 4.78 is 0. The van der Waals surface area contributed by atoms with Crippen molar-refractivity contribution >= 4 is 0 Å². The molecule has 0 saturated heterocycles. The van der Waals surface area contributed by atoms with Gasteiger partial charge in [-0.3, -0.25) is 5.32 Å². The SMILES string of the molecule is C1=CC(c2cccc(-c3ccccc3)c2)NCN1. The Balaban J connectivity index is 1.94. The molecule has 0 aliphatic carbocycles. The smallest absolute Gasteiger partial charge is 0.0655 e. The van der Waals surface area contributed by atoms with Gasteiger partial charge in [0, 0.05) is 0 Å². The van der Waals surface area contributed by atoms with E-state index >= 15 is 0 Å². The van der Waals surface area contributed by atoms with E-state index in [9.17, 15) is 0 Å². The van der Waals surface area contributed by atoms with Crippen molar-refractivity contribution in [1.29, 1.82) is 0 Å². The van der Waals surface area contributed by atoms with E-state index in [0.29, 0.717) is 6.04 Å². The maximum absolute atomic E-state index is 3.42. The number of hydrogen-bond donors (Lipinski definition) is 2. The minimum absolute atomic E-state index is 0.301. The summed E-state index contributed by atoms with van der Waals surface area (Å²) in [6, 6.07) is 19.5. The molecule has 90 valence electrons. The highest BCUT2D eigenvalue weighted by Gasteiger charge is 2.10. The second-order valence-corrected chi connectivity index (χ2v) is 4.41. The van der Waals surface area contributed by atoms with Crippen molar-refractivity contribution in [1.82, 2.24) is 10.6 Å². The Labute approximate surface area is 107 Å². The number of hydrogen-bond acceptors (Lipinski definition) is 2. The minimum atomic E-state index is 0.301. The molecular formula is C16H16N2. The molecule has 1 atom stereocenters. The van der Waals surface area contributed by atoms with Crippen LogP contribution in [0.15, 0.2) is 66.9 Å². The minimum Gasteiger partial charge on any atom is -0.379 e. The molecule has 1 heterocycles. The Morgan fingerprint density at radius 2 is 1.72 bits per heavy atom. The zero-order valence-corrected chi connectivity index (χ0v) is 10.1. The van der Waals surface area contributed by atoms with Crippen molar-refractivity contribution in [2.45, 2.75) is 6.04 Å². The standard InChI is InChI=1S/C16H16N2/c1-2-5-13(6-3-1)14-7-4-8-15(11-14)16-9-10-17-12-18-16/h1-11,16-18H,12H2. The molecule has 2 N–H and O–H groups in total. The fraction of sp³-hybridized carbons (Fsp3) is 0.125. The van der Waals surface area contributed by atoms with E-state index in [2.05, 4.69) is 65.2 Å². The summed E-state index contributed by atoms with van der Waals surface area (Å²) in [6.45, 7) is 0.816. The first kappa shape index (κ1) is 11.1. The van der Waals surface area contributed by atoms with Gasteiger partial charge in [-0.2, -0.15) is 0 Å². The average Bonchev–Trinajstić information content (AvgIpc) is 2.49. The number of benzene rings is 2. The highest BCUT2D eigenvalue weighted by Crippen LogP contribution is 2.24. The van der Waals surface area contributed by atoms with Crippen LogP contribution in [0.5, 0.6) is 0 Å². The lowest BCUT2D eigenvalue weighted by Crippen LogP contribution is -2.32. The van der Waals surface area contributed by atoms with E-state index < -0.39 is 0 Å². The molecule has 0 bridgehead atoms. The van der Waals surface area contributed by atoms with Crippen molar-refractivity contribution in [2.24, 2.45) is 0 Å². The highest BCUT2D eigenvalue weighted by atomic mass is 15.1. The summed E-state index contributed by atoms with van der Waals surface area (Å²) in [5, 5.41) is 6.56. The third-order valence-electron chi connectivity index (χ3n) is 3.18. The molecule has 1 aliphatic rings. The average molecular weight is 236 g/mol. The summed E-state index contributed by atoms with van der Waals surface area (Å²) in [5.41, 5.74) is 3.83. The first-order valence-electron chi connectivity index (χ1n) is 6.22. The molecule has 3 rings (SSSR count). The first-order chi connectivity index (χ1) is 8.93. The molecule has 0 aromatic heterocycles. The van der Waals surface area contributed by atoms with Crippen molar-refractivity contribution in [3.63, 3.8) is 0 Å². The summed E-state index contributed by atoms with van der Waals surface area (Å²) in [4.78, 5) is 0. The Bertz CT molecular complexity index is 546. The molecule has 1 unspecified atom stereocenters. The van der Waals surface area contributed by atoms with Crippen LogP contribution < -0.4 is 10.6 Å². The summed E-state index contributed by atoms with van der Waals surface area (Å²) in [6.07, 6.45) is 4.16. The Morgan fingerprint density at radius 3 is 2.50 bits per heavy atom. The number of nitrogens with one attached hydrogen (secondary N) is 2. The van der Waals surface area contributed by atoms with Crippen molar-refractivity contribution < 1.29 is 0 Å². The highest BCUT2D eigenvalue weighted by molar-refractivity contribution is 5.64. The Kier molecular flexibility index (Phi) is 3.11. The molecule has 2 heteroatoms. The topological polar surface area (TPSA) is 24.1 Å². The van der Waals surface area contributed by atoms with Crippen LogP contribution in [0.25, 0.3) is 11.1 Å². The molecular weight excluding hydrogens is 220 g/mol. The van der Waals surface area contributed by atoms with Crippen molar-refractivity contribution in [3.05, 3.63) is 72.4 Å². The van der Waals surface area contributed by atoms with E-state index in [1.165, 1.54) is 16.7 Å². The fourth-order valence-corrected chi connectivity index (χ4v) is 2.23. The van der Waals surface area contributed by atoms with Gasteiger partial charge in [-0.15, -0.1) is 0 Å². The van der Waals surface area contributed by atoms with Crippen LogP contribution in [-0.2, 0) is 0 Å². The van der Waals surface area contributed by atoms with Gasteiger partial charge in [-0.25, -0.2) is 0 Å². The number of rotatable bonds is 2. The van der Waals surface area contributed by atoms with E-state index in [1.54, 1.807) is 0 Å². The third-order valence-corrected chi connectivity index (χ3v) is 3.18. The largest absolute Gasteiger partial charge is 0.379 e. The molecule has 0 spiro atoms. The van der Waals surface area contributed by atoms with Gasteiger partial charge in [0.15, 0.2) is 0 Å². The Morgan fingerprint density at radius 1 is 0.889 bits per heavy atom. The molecule has 0 saturated carbocycles. The van der Waals surface area contributed by atoms with E-state index in [1.807, 2.05) is 12.3 Å². The first-order valence-corrected chi connectivity index (χ1v) is 6.22. The third kappa shape index (κ3) is 2.29. The summed E-state index contributed by atoms with van der Waals surface area (Å²) in [7, 11) is 0. The predicted octanol–water partition coefficient (Wildman–Crippen LogP) is 3.06. The van der Waals surface area contributed by atoms with Crippen LogP contribution in [0, 0.1) is 0 Å². The fourth-order valence-electron chi connectivity index (χ4n) is 2.23. The predicted molar refractivity (Wildman–Crippen MR) is 74.9 cm³/mol. The zero-order valence-electron chi connectivity index (χ0n) is 10.1. The van der Waals surface area contributed by atoms with Gasteiger partial charge in [0.1, 0.15) is 0 Å². The molecule has 2 aromatic carbocycles. The molecule has 0 radical (unpaired) electrons. The maximum atomic E-state index is 3.42. The molecule has 1 aliphatic heterocycles. The van der Waals surface area contributed by atoms with Gasteiger partial charge in [0.05, 0.1) is 12.7 Å². The second kappa shape index (κ2) is 5.07. The van der Waals surface area contributed by atoms with Crippen LogP contribution in [-0.4, -0.2) is 6.67 Å². The zero-order chi connectivity index (χ0) is 12.2. The van der Waals surface area contributed by atoms with Crippen LogP contribution >= 0.6 is 0 Å². The Hall–Kier alpha value is -2.06. The molecule has 0 amide bonds. The van der Waals surface area contributed by atoms with E-state index in [0.717, 1.165) is 6.67 Å². The van der Waals surface area contributed by atoms with Gasteiger partial charge < -0.3 is 5.32 Å². The summed E-state index contributed by atoms with van der Waals surface area (Å²) in [5.74, 6) is 0. The second-order valence-electron chi connectivity index (χ2n) is 4.41. The van der Waals surface area contributed by atoms with Gasteiger partial charge in [-0.1, -0.05) is 48.5 Å². The van der Waals surface area contributed by atoms with Crippen LogP contribution in [0.4, 0.5) is 0 Å². The van der Waals surface area contributed by atoms with Gasteiger partial charge in [0.25, 0.3) is 0 Å². The molecule has 2 aromatic rings. The van der Waals surface area contributed by atoms with Crippen molar-refractivity contribution in [3.8, 4) is 11.1 Å². The van der Waals surface area contributed by atoms with Gasteiger partial charge in [-0.05, 0) is 35.0 Å². The van der Waals surface area contributed by atoms with Crippen LogP contribution in [0.3, 0.4) is 0 Å². The molecule has 0 fully saturated rings. The lowest BCUT2D eigenvalue weighted by molar-refractivity contribution is 0.564. The maximum Gasteiger partial charge on any atom is 0.0655 e. The lowest BCUT2D eigenvalue weighted by atomic mass is 9.99. The summed E-state index contributed by atoms with van der Waals surface area (Å²) >= 11 is 0. The quantitative estimate of drug-likeness (QED) is 0.837. The monoisotopic (exact) mass is 236 g/mol.